The third kappa shape index (κ3) is 3.61. The molecule has 24 heavy (non-hydrogen) atoms. The molecule has 0 spiro atoms. The summed E-state index contributed by atoms with van der Waals surface area (Å²) < 4.78 is 3.23. The highest BCUT2D eigenvalue weighted by Gasteiger charge is 2.18. The van der Waals surface area contributed by atoms with E-state index in [1.54, 1.807) is 16.3 Å². The largest absolute Gasteiger partial charge is 0.341 e. The number of rotatable bonds is 8. The molecule has 2 heterocycles. The van der Waals surface area contributed by atoms with Crippen molar-refractivity contribution in [2.45, 2.75) is 53.1 Å². The SMILES string of the molecule is CCCN(CCC)C(=O)Cn1c(=O)n(CCC)c(=O)c2sccc21. The van der Waals surface area contributed by atoms with Gasteiger partial charge in [-0.15, -0.1) is 11.3 Å². The summed E-state index contributed by atoms with van der Waals surface area (Å²) in [6.45, 7) is 7.69. The van der Waals surface area contributed by atoms with Gasteiger partial charge in [0.2, 0.25) is 5.91 Å². The van der Waals surface area contributed by atoms with Crippen LogP contribution in [0.15, 0.2) is 21.0 Å². The molecule has 0 fully saturated rings. The maximum absolute atomic E-state index is 12.7. The molecule has 2 aromatic rings. The summed E-state index contributed by atoms with van der Waals surface area (Å²) in [6.07, 6.45) is 2.45. The molecule has 0 aromatic carbocycles. The Morgan fingerprint density at radius 2 is 1.75 bits per heavy atom. The summed E-state index contributed by atoms with van der Waals surface area (Å²) >= 11 is 1.31. The van der Waals surface area contributed by atoms with Gasteiger partial charge in [0, 0.05) is 19.6 Å². The van der Waals surface area contributed by atoms with E-state index in [1.807, 2.05) is 20.8 Å². The number of hydrogen-bond acceptors (Lipinski definition) is 4. The highest BCUT2D eigenvalue weighted by atomic mass is 32.1. The topological polar surface area (TPSA) is 64.3 Å². The first-order valence-electron chi connectivity index (χ1n) is 8.53. The number of aromatic nitrogens is 2. The highest BCUT2D eigenvalue weighted by Crippen LogP contribution is 2.15. The van der Waals surface area contributed by atoms with Crippen LogP contribution in [0.2, 0.25) is 0 Å². The number of nitrogens with zero attached hydrogens (tertiary/aromatic N) is 3. The Bertz CT molecular complexity index is 813. The fourth-order valence-electron chi connectivity index (χ4n) is 2.84. The van der Waals surface area contributed by atoms with Crippen LogP contribution in [0.1, 0.15) is 40.0 Å². The van der Waals surface area contributed by atoms with Crippen LogP contribution in [0.5, 0.6) is 0 Å². The van der Waals surface area contributed by atoms with Gasteiger partial charge in [0.15, 0.2) is 0 Å². The van der Waals surface area contributed by atoms with Crippen molar-refractivity contribution >= 4 is 27.5 Å². The lowest BCUT2D eigenvalue weighted by Crippen LogP contribution is -2.43. The van der Waals surface area contributed by atoms with Gasteiger partial charge in [-0.3, -0.25) is 18.7 Å². The van der Waals surface area contributed by atoms with Gasteiger partial charge in [0.25, 0.3) is 5.56 Å². The quantitative estimate of drug-likeness (QED) is 0.733. The fraction of sp³-hybridized carbons (Fsp3) is 0.588. The van der Waals surface area contributed by atoms with Crippen molar-refractivity contribution in [3.63, 3.8) is 0 Å². The van der Waals surface area contributed by atoms with E-state index in [9.17, 15) is 14.4 Å². The molecular weight excluding hydrogens is 326 g/mol. The molecule has 1 amide bonds. The Kier molecular flexibility index (Phi) is 6.36. The molecule has 0 aliphatic heterocycles. The van der Waals surface area contributed by atoms with Gasteiger partial charge in [-0.05, 0) is 30.7 Å². The van der Waals surface area contributed by atoms with Gasteiger partial charge >= 0.3 is 5.69 Å². The van der Waals surface area contributed by atoms with Crippen LogP contribution in [0.4, 0.5) is 0 Å². The highest BCUT2D eigenvalue weighted by molar-refractivity contribution is 7.17. The van der Waals surface area contributed by atoms with Gasteiger partial charge in [0.1, 0.15) is 11.2 Å². The van der Waals surface area contributed by atoms with E-state index < -0.39 is 5.69 Å². The molecule has 132 valence electrons. The van der Waals surface area contributed by atoms with Crippen LogP contribution in [0, 0.1) is 0 Å². The van der Waals surface area contributed by atoms with Crippen molar-refractivity contribution < 1.29 is 4.79 Å². The second-order valence-corrected chi connectivity index (χ2v) is 6.76. The summed E-state index contributed by atoms with van der Waals surface area (Å²) in [6, 6.07) is 1.75. The lowest BCUT2D eigenvalue weighted by atomic mass is 10.3. The molecule has 0 aliphatic rings. The van der Waals surface area contributed by atoms with E-state index in [0.29, 0.717) is 36.3 Å². The van der Waals surface area contributed by atoms with Gasteiger partial charge in [0.05, 0.1) is 5.52 Å². The van der Waals surface area contributed by atoms with Crippen molar-refractivity contribution in [1.29, 1.82) is 0 Å². The number of carbonyl (C=O) groups excluding carboxylic acids is 1. The molecule has 0 saturated heterocycles. The monoisotopic (exact) mass is 351 g/mol. The van der Waals surface area contributed by atoms with Crippen LogP contribution in [0.3, 0.4) is 0 Å². The van der Waals surface area contributed by atoms with E-state index in [2.05, 4.69) is 0 Å². The Morgan fingerprint density at radius 3 is 2.33 bits per heavy atom. The second kappa shape index (κ2) is 8.28. The van der Waals surface area contributed by atoms with Crippen LogP contribution in [-0.4, -0.2) is 33.0 Å². The predicted molar refractivity (Wildman–Crippen MR) is 97.8 cm³/mol. The van der Waals surface area contributed by atoms with Crippen molar-refractivity contribution in [2.75, 3.05) is 13.1 Å². The lowest BCUT2D eigenvalue weighted by Gasteiger charge is -2.22. The van der Waals surface area contributed by atoms with E-state index in [0.717, 1.165) is 12.8 Å². The minimum atomic E-state index is -0.394. The third-order valence-electron chi connectivity index (χ3n) is 3.92. The molecule has 2 aromatic heterocycles. The van der Waals surface area contributed by atoms with Gasteiger partial charge in [-0.25, -0.2) is 4.79 Å². The molecule has 0 radical (unpaired) electrons. The van der Waals surface area contributed by atoms with Crippen molar-refractivity contribution in [1.82, 2.24) is 14.0 Å². The third-order valence-corrected chi connectivity index (χ3v) is 4.81. The number of fused-ring (bicyclic) bond motifs is 1. The summed E-state index contributed by atoms with van der Waals surface area (Å²) in [4.78, 5) is 39.6. The molecule has 0 atom stereocenters. The van der Waals surface area contributed by atoms with Crippen molar-refractivity contribution in [2.24, 2.45) is 0 Å². The molecule has 0 unspecified atom stereocenters. The van der Waals surface area contributed by atoms with Gasteiger partial charge in [-0.1, -0.05) is 20.8 Å². The number of hydrogen-bond donors (Lipinski definition) is 0. The molecule has 0 bridgehead atoms. The van der Waals surface area contributed by atoms with E-state index >= 15 is 0 Å². The first-order valence-corrected chi connectivity index (χ1v) is 9.41. The Morgan fingerprint density at radius 1 is 1.08 bits per heavy atom. The zero-order chi connectivity index (χ0) is 17.7. The van der Waals surface area contributed by atoms with E-state index in [1.165, 1.54) is 20.5 Å². The smallest absolute Gasteiger partial charge is 0.332 e. The molecule has 0 N–H and O–H groups in total. The first-order chi connectivity index (χ1) is 11.5. The summed E-state index contributed by atoms with van der Waals surface area (Å²) in [7, 11) is 0. The van der Waals surface area contributed by atoms with Crippen LogP contribution in [0.25, 0.3) is 10.2 Å². The molecule has 6 nitrogen and oxygen atoms in total. The predicted octanol–water partition coefficient (Wildman–Crippen LogP) is 2.28. The zero-order valence-electron chi connectivity index (χ0n) is 14.6. The zero-order valence-corrected chi connectivity index (χ0v) is 15.4. The van der Waals surface area contributed by atoms with Crippen LogP contribution in [-0.2, 0) is 17.9 Å². The number of thiophene rings is 1. The van der Waals surface area contributed by atoms with Crippen LogP contribution >= 0.6 is 11.3 Å². The molecular formula is C17H25N3O3S. The Labute approximate surface area is 145 Å². The van der Waals surface area contributed by atoms with E-state index in [4.69, 9.17) is 0 Å². The van der Waals surface area contributed by atoms with E-state index in [-0.39, 0.29) is 18.0 Å². The summed E-state index contributed by atoms with van der Waals surface area (Å²) in [5, 5.41) is 1.79. The fourth-order valence-corrected chi connectivity index (χ4v) is 3.69. The van der Waals surface area contributed by atoms with Gasteiger partial charge < -0.3 is 4.90 Å². The second-order valence-electron chi connectivity index (χ2n) is 5.84. The van der Waals surface area contributed by atoms with Crippen molar-refractivity contribution in [3.8, 4) is 0 Å². The number of carbonyl (C=O) groups is 1. The Hall–Kier alpha value is -1.89. The lowest BCUT2D eigenvalue weighted by molar-refractivity contribution is -0.131. The minimum Gasteiger partial charge on any atom is -0.341 e. The molecule has 0 saturated carbocycles. The molecule has 2 rings (SSSR count). The molecule has 7 heteroatoms. The number of amides is 1. The maximum Gasteiger partial charge on any atom is 0.332 e. The standard InChI is InChI=1S/C17H25N3O3S/c1-4-8-18(9-5-2)14(21)12-20-13-7-11-24-15(13)16(22)19(10-6-3)17(20)23/h7,11H,4-6,8-10,12H2,1-3H3. The normalized spacial score (nSPS) is 11.1. The first kappa shape index (κ1) is 18.4. The average Bonchev–Trinajstić information content (AvgIpc) is 3.05. The minimum absolute atomic E-state index is 0.0178. The van der Waals surface area contributed by atoms with Gasteiger partial charge in [-0.2, -0.15) is 0 Å². The van der Waals surface area contributed by atoms with Crippen molar-refractivity contribution in [3.05, 3.63) is 32.3 Å². The maximum atomic E-state index is 12.7. The molecule has 0 aliphatic carbocycles. The summed E-state index contributed by atoms with van der Waals surface area (Å²) in [5.41, 5.74) is -0.0905. The average molecular weight is 351 g/mol. The Balaban J connectivity index is 2.48. The van der Waals surface area contributed by atoms with Crippen LogP contribution < -0.4 is 11.2 Å². The summed E-state index contributed by atoms with van der Waals surface area (Å²) in [5.74, 6) is -0.0741.